The minimum Gasteiger partial charge on any atom is -0.404 e. The van der Waals surface area contributed by atoms with Gasteiger partial charge in [0.1, 0.15) is 0 Å². The van der Waals surface area contributed by atoms with E-state index in [1.807, 2.05) is 6.92 Å². The van der Waals surface area contributed by atoms with Crippen LogP contribution >= 0.6 is 0 Å². The van der Waals surface area contributed by atoms with Crippen LogP contribution in [0.25, 0.3) is 0 Å². The van der Waals surface area contributed by atoms with Crippen molar-refractivity contribution in [2.24, 2.45) is 0 Å². The Hall–Kier alpha value is -2.20. The first-order valence-electron chi connectivity index (χ1n) is 12.5. The maximum Gasteiger partial charge on any atom is 0.261 e. The van der Waals surface area contributed by atoms with E-state index in [2.05, 4.69) is 120 Å². The highest BCUT2D eigenvalue weighted by Gasteiger charge is 2.49. The highest BCUT2D eigenvalue weighted by Crippen LogP contribution is 2.36. The first-order valence-corrected chi connectivity index (χ1v) is 14.4. The van der Waals surface area contributed by atoms with E-state index in [-0.39, 0.29) is 5.04 Å². The fraction of sp³-hybridized carbons (Fsp3) is 0.419. The Bertz CT molecular complexity index is 922. The molecule has 0 heterocycles. The number of aliphatic hydroxyl groups excluding tert-OH is 1. The molecule has 0 aromatic heterocycles. The van der Waals surface area contributed by atoms with Gasteiger partial charge in [-0.25, -0.2) is 0 Å². The Kier molecular flexibility index (Phi) is 10.8. The lowest BCUT2D eigenvalue weighted by molar-refractivity contribution is 0.212. The lowest BCUT2D eigenvalue weighted by atomic mass is 10.0. The predicted molar refractivity (Wildman–Crippen MR) is 150 cm³/mol. The molecule has 0 aliphatic carbocycles. The topological polar surface area (TPSA) is 29.5 Å². The standard InChI is InChI=1S/C31H44O2Si/c1-25(2)15-14-16-26(3)21-22-30(32)27(4)23-24-33-34(31(5,6)7,28-17-10-8-11-18-28)29-19-12-9-13-20-29/h8-13,15,17-21,23,30,32H,14,16,22,24H2,1-7H3/b26-21+,27-23+. The van der Waals surface area contributed by atoms with E-state index in [0.717, 1.165) is 18.4 Å². The Morgan fingerprint density at radius 3 is 1.85 bits per heavy atom. The summed E-state index contributed by atoms with van der Waals surface area (Å²) in [6.07, 6.45) is 8.75. The molecule has 0 radical (unpaired) electrons. The van der Waals surface area contributed by atoms with Gasteiger partial charge in [0.15, 0.2) is 0 Å². The van der Waals surface area contributed by atoms with Crippen molar-refractivity contribution in [3.8, 4) is 0 Å². The summed E-state index contributed by atoms with van der Waals surface area (Å²) in [5, 5.41) is 13.2. The minimum atomic E-state index is -2.56. The van der Waals surface area contributed by atoms with E-state index in [0.29, 0.717) is 13.0 Å². The molecule has 0 aliphatic heterocycles. The number of benzene rings is 2. The fourth-order valence-electron chi connectivity index (χ4n) is 4.39. The first kappa shape index (κ1) is 28.0. The monoisotopic (exact) mass is 476 g/mol. The average Bonchev–Trinajstić information content (AvgIpc) is 2.80. The summed E-state index contributed by atoms with van der Waals surface area (Å²) in [5.74, 6) is 0. The molecule has 0 saturated heterocycles. The Morgan fingerprint density at radius 2 is 1.38 bits per heavy atom. The third-order valence-electron chi connectivity index (χ3n) is 6.43. The summed E-state index contributed by atoms with van der Waals surface area (Å²) in [4.78, 5) is 0. The quantitative estimate of drug-likeness (QED) is 0.281. The molecule has 2 nitrogen and oxygen atoms in total. The molecule has 0 saturated carbocycles. The summed E-state index contributed by atoms with van der Waals surface area (Å²) in [7, 11) is -2.56. The lowest BCUT2D eigenvalue weighted by Crippen LogP contribution is -2.66. The van der Waals surface area contributed by atoms with Gasteiger partial charge in [0.25, 0.3) is 8.32 Å². The van der Waals surface area contributed by atoms with Crippen molar-refractivity contribution >= 4 is 18.7 Å². The molecule has 1 unspecified atom stereocenters. The molecular formula is C31H44O2Si. The normalized spacial score (nSPS) is 14.1. The van der Waals surface area contributed by atoms with Gasteiger partial charge in [0.05, 0.1) is 12.7 Å². The molecule has 2 rings (SSSR count). The van der Waals surface area contributed by atoms with Crippen LogP contribution in [0.2, 0.25) is 5.04 Å². The largest absolute Gasteiger partial charge is 0.404 e. The Balaban J connectivity index is 2.20. The van der Waals surface area contributed by atoms with Gasteiger partial charge >= 0.3 is 0 Å². The van der Waals surface area contributed by atoms with Gasteiger partial charge in [0, 0.05) is 0 Å². The first-order chi connectivity index (χ1) is 16.1. The molecule has 0 spiro atoms. The van der Waals surface area contributed by atoms with Gasteiger partial charge in [-0.05, 0) is 67.9 Å². The lowest BCUT2D eigenvalue weighted by Gasteiger charge is -2.42. The molecule has 0 amide bonds. The van der Waals surface area contributed by atoms with Crippen LogP contribution in [0.5, 0.6) is 0 Å². The summed E-state index contributed by atoms with van der Waals surface area (Å²) in [5.41, 5.74) is 3.65. The highest BCUT2D eigenvalue weighted by molar-refractivity contribution is 6.99. The van der Waals surface area contributed by atoms with E-state index >= 15 is 0 Å². The number of aliphatic hydroxyl groups is 1. The maximum absolute atomic E-state index is 10.7. The van der Waals surface area contributed by atoms with Crippen LogP contribution < -0.4 is 10.4 Å². The van der Waals surface area contributed by atoms with Crippen LogP contribution in [0.1, 0.15) is 67.7 Å². The molecule has 3 heteroatoms. The van der Waals surface area contributed by atoms with Crippen LogP contribution in [0.15, 0.2) is 95.6 Å². The molecule has 1 atom stereocenters. The van der Waals surface area contributed by atoms with Crippen molar-refractivity contribution in [2.45, 2.75) is 78.9 Å². The number of hydrogen-bond acceptors (Lipinski definition) is 2. The second-order valence-corrected chi connectivity index (χ2v) is 14.9. The average molecular weight is 477 g/mol. The predicted octanol–water partition coefficient (Wildman–Crippen LogP) is 6.95. The van der Waals surface area contributed by atoms with Crippen LogP contribution in [0.4, 0.5) is 0 Å². The van der Waals surface area contributed by atoms with Crippen LogP contribution in [-0.2, 0) is 4.43 Å². The van der Waals surface area contributed by atoms with Crippen molar-refractivity contribution in [2.75, 3.05) is 6.61 Å². The zero-order chi connectivity index (χ0) is 25.2. The van der Waals surface area contributed by atoms with Gasteiger partial charge in [0.2, 0.25) is 0 Å². The summed E-state index contributed by atoms with van der Waals surface area (Å²) >= 11 is 0. The Labute approximate surface area is 209 Å². The smallest absolute Gasteiger partial charge is 0.261 e. The van der Waals surface area contributed by atoms with Crippen molar-refractivity contribution in [1.29, 1.82) is 0 Å². The van der Waals surface area contributed by atoms with Crippen molar-refractivity contribution < 1.29 is 9.53 Å². The highest BCUT2D eigenvalue weighted by atomic mass is 28.4. The molecule has 0 aliphatic rings. The van der Waals surface area contributed by atoms with Crippen LogP contribution in [0, 0.1) is 0 Å². The van der Waals surface area contributed by atoms with Crippen molar-refractivity contribution in [1.82, 2.24) is 0 Å². The maximum atomic E-state index is 10.7. The molecule has 0 fully saturated rings. The third-order valence-corrected chi connectivity index (χ3v) is 11.4. The molecule has 2 aromatic rings. The SMILES string of the molecule is CC(C)=CCC/C(C)=C/CC(O)/C(C)=C/CO[Si](c1ccccc1)(c1ccccc1)C(C)(C)C. The third kappa shape index (κ3) is 7.66. The number of hydrogen-bond donors (Lipinski definition) is 1. The van der Waals surface area contributed by atoms with Gasteiger partial charge in [-0.3, -0.25) is 0 Å². The number of allylic oxidation sites excluding steroid dienone is 3. The zero-order valence-electron chi connectivity index (χ0n) is 22.3. The zero-order valence-corrected chi connectivity index (χ0v) is 23.3. The van der Waals surface area contributed by atoms with E-state index in [4.69, 9.17) is 4.43 Å². The summed E-state index contributed by atoms with van der Waals surface area (Å²) in [6.45, 7) is 15.8. The molecule has 184 valence electrons. The molecule has 2 aromatic carbocycles. The van der Waals surface area contributed by atoms with E-state index < -0.39 is 14.4 Å². The van der Waals surface area contributed by atoms with Gasteiger partial charge in [-0.2, -0.15) is 0 Å². The van der Waals surface area contributed by atoms with Crippen LogP contribution in [0.3, 0.4) is 0 Å². The van der Waals surface area contributed by atoms with Gasteiger partial charge in [-0.1, -0.05) is 111 Å². The summed E-state index contributed by atoms with van der Waals surface area (Å²) in [6, 6.07) is 21.4. The van der Waals surface area contributed by atoms with Crippen molar-refractivity contribution in [3.63, 3.8) is 0 Å². The number of rotatable bonds is 11. The fourth-order valence-corrected chi connectivity index (χ4v) is 8.87. The van der Waals surface area contributed by atoms with Crippen molar-refractivity contribution in [3.05, 3.63) is 95.6 Å². The molecular weight excluding hydrogens is 432 g/mol. The summed E-state index contributed by atoms with van der Waals surface area (Å²) < 4.78 is 6.92. The van der Waals surface area contributed by atoms with E-state index in [1.54, 1.807) is 0 Å². The minimum absolute atomic E-state index is 0.0544. The molecule has 0 bridgehead atoms. The van der Waals surface area contributed by atoms with Gasteiger partial charge in [-0.15, -0.1) is 0 Å². The van der Waals surface area contributed by atoms with E-state index in [1.165, 1.54) is 21.5 Å². The molecule has 1 N–H and O–H groups in total. The van der Waals surface area contributed by atoms with Crippen LogP contribution in [-0.4, -0.2) is 26.1 Å². The second-order valence-electron chi connectivity index (χ2n) is 10.5. The second kappa shape index (κ2) is 13.0. The van der Waals surface area contributed by atoms with Gasteiger partial charge < -0.3 is 9.53 Å². The Morgan fingerprint density at radius 1 is 0.853 bits per heavy atom. The van der Waals surface area contributed by atoms with E-state index in [9.17, 15) is 5.11 Å². The molecule has 34 heavy (non-hydrogen) atoms.